The second-order valence-corrected chi connectivity index (χ2v) is 4.37. The van der Waals surface area contributed by atoms with Crippen molar-refractivity contribution in [3.05, 3.63) is 0 Å². The van der Waals surface area contributed by atoms with Gasteiger partial charge in [-0.1, -0.05) is 0 Å². The molecular weight excluding hydrogens is 174 g/mol. The lowest BCUT2D eigenvalue weighted by Gasteiger charge is -2.16. The SMILES string of the molecule is CSCCC1OC(C)(C)NC1=O. The fraction of sp³-hybridized carbons (Fsp3) is 0.875. The van der Waals surface area contributed by atoms with Crippen molar-refractivity contribution in [1.82, 2.24) is 5.32 Å². The molecule has 1 aliphatic heterocycles. The summed E-state index contributed by atoms with van der Waals surface area (Å²) in [6.45, 7) is 3.73. The van der Waals surface area contributed by atoms with E-state index in [0.29, 0.717) is 0 Å². The van der Waals surface area contributed by atoms with E-state index in [9.17, 15) is 4.79 Å². The third kappa shape index (κ3) is 2.38. The second-order valence-electron chi connectivity index (χ2n) is 3.39. The molecule has 1 rings (SSSR count). The van der Waals surface area contributed by atoms with Crippen molar-refractivity contribution in [3.63, 3.8) is 0 Å². The maximum Gasteiger partial charge on any atom is 0.251 e. The number of carbonyl (C=O) groups is 1. The van der Waals surface area contributed by atoms with Gasteiger partial charge in [-0.25, -0.2) is 0 Å². The summed E-state index contributed by atoms with van der Waals surface area (Å²) in [4.78, 5) is 11.3. The van der Waals surface area contributed by atoms with Crippen LogP contribution >= 0.6 is 11.8 Å². The first kappa shape index (κ1) is 9.86. The van der Waals surface area contributed by atoms with Crippen molar-refractivity contribution < 1.29 is 9.53 Å². The van der Waals surface area contributed by atoms with Crippen LogP contribution in [0, 0.1) is 0 Å². The molecule has 1 fully saturated rings. The molecule has 3 nitrogen and oxygen atoms in total. The zero-order chi connectivity index (χ0) is 9.19. The predicted molar refractivity (Wildman–Crippen MR) is 50.1 cm³/mol. The molecule has 0 spiro atoms. The molecule has 4 heteroatoms. The lowest BCUT2D eigenvalue weighted by molar-refractivity contribution is -0.123. The van der Waals surface area contributed by atoms with Crippen molar-refractivity contribution in [2.45, 2.75) is 32.1 Å². The van der Waals surface area contributed by atoms with Crippen molar-refractivity contribution in [2.75, 3.05) is 12.0 Å². The zero-order valence-corrected chi connectivity index (χ0v) is 8.53. The third-order valence-corrected chi connectivity index (χ3v) is 2.38. The van der Waals surface area contributed by atoms with Crippen LogP contribution in [0.15, 0.2) is 0 Å². The van der Waals surface area contributed by atoms with E-state index in [4.69, 9.17) is 4.74 Å². The number of amides is 1. The molecule has 1 N–H and O–H groups in total. The fourth-order valence-corrected chi connectivity index (χ4v) is 1.68. The molecule has 1 atom stereocenters. The molecule has 1 unspecified atom stereocenters. The topological polar surface area (TPSA) is 38.3 Å². The van der Waals surface area contributed by atoms with E-state index in [1.807, 2.05) is 20.1 Å². The first-order valence-corrected chi connectivity index (χ1v) is 5.43. The Kier molecular flexibility index (Phi) is 3.01. The minimum atomic E-state index is -0.472. The van der Waals surface area contributed by atoms with Gasteiger partial charge in [0.1, 0.15) is 11.8 Å². The molecular formula is C8H15NO2S. The van der Waals surface area contributed by atoms with Crippen LogP contribution in [-0.4, -0.2) is 29.7 Å². The highest BCUT2D eigenvalue weighted by molar-refractivity contribution is 7.98. The van der Waals surface area contributed by atoms with Crippen LogP contribution in [0.3, 0.4) is 0 Å². The molecule has 0 radical (unpaired) electrons. The maximum absolute atomic E-state index is 11.3. The minimum Gasteiger partial charge on any atom is -0.343 e. The fourth-order valence-electron chi connectivity index (χ4n) is 1.23. The van der Waals surface area contributed by atoms with Crippen molar-refractivity contribution in [3.8, 4) is 0 Å². The molecule has 0 saturated carbocycles. The van der Waals surface area contributed by atoms with Crippen LogP contribution in [0.2, 0.25) is 0 Å². The van der Waals surface area contributed by atoms with Crippen LogP contribution in [-0.2, 0) is 9.53 Å². The Morgan fingerprint density at radius 3 is 2.75 bits per heavy atom. The average Bonchev–Trinajstić information content (AvgIpc) is 2.20. The largest absolute Gasteiger partial charge is 0.343 e. The molecule has 1 saturated heterocycles. The van der Waals surface area contributed by atoms with Crippen LogP contribution < -0.4 is 5.32 Å². The quantitative estimate of drug-likeness (QED) is 0.719. The van der Waals surface area contributed by atoms with E-state index in [2.05, 4.69) is 5.32 Å². The van der Waals surface area contributed by atoms with Gasteiger partial charge in [0.2, 0.25) is 0 Å². The standard InChI is InChI=1S/C8H15NO2S/c1-8(2)9-7(10)6(11-8)4-5-12-3/h6H,4-5H2,1-3H3,(H,9,10). The van der Waals surface area contributed by atoms with Gasteiger partial charge in [-0.3, -0.25) is 4.79 Å². The number of rotatable bonds is 3. The van der Waals surface area contributed by atoms with Crippen LogP contribution in [0.5, 0.6) is 0 Å². The maximum atomic E-state index is 11.3. The Hall–Kier alpha value is -0.220. The number of carbonyl (C=O) groups excluding carboxylic acids is 1. The molecule has 12 heavy (non-hydrogen) atoms. The van der Waals surface area contributed by atoms with Crippen LogP contribution in [0.4, 0.5) is 0 Å². The highest BCUT2D eigenvalue weighted by Crippen LogP contribution is 2.19. The summed E-state index contributed by atoms with van der Waals surface area (Å²) >= 11 is 1.73. The van der Waals surface area contributed by atoms with E-state index in [0.717, 1.165) is 12.2 Å². The van der Waals surface area contributed by atoms with Gasteiger partial charge in [0.15, 0.2) is 0 Å². The molecule has 0 aromatic rings. The minimum absolute atomic E-state index is 0.0223. The van der Waals surface area contributed by atoms with Gasteiger partial charge in [-0.15, -0.1) is 0 Å². The Morgan fingerprint density at radius 2 is 2.33 bits per heavy atom. The summed E-state index contributed by atoms with van der Waals surface area (Å²) in [7, 11) is 0. The first-order chi connectivity index (χ1) is 5.55. The van der Waals surface area contributed by atoms with Gasteiger partial charge in [0.25, 0.3) is 5.91 Å². The Morgan fingerprint density at radius 1 is 1.67 bits per heavy atom. The summed E-state index contributed by atoms with van der Waals surface area (Å²) in [5.74, 6) is 0.989. The highest BCUT2D eigenvalue weighted by atomic mass is 32.2. The van der Waals surface area contributed by atoms with E-state index in [-0.39, 0.29) is 12.0 Å². The van der Waals surface area contributed by atoms with Gasteiger partial charge in [-0.2, -0.15) is 11.8 Å². The molecule has 0 aliphatic carbocycles. The van der Waals surface area contributed by atoms with Crippen LogP contribution in [0.1, 0.15) is 20.3 Å². The van der Waals surface area contributed by atoms with Crippen LogP contribution in [0.25, 0.3) is 0 Å². The smallest absolute Gasteiger partial charge is 0.251 e. The summed E-state index contributed by atoms with van der Waals surface area (Å²) in [5, 5.41) is 2.78. The molecule has 0 aromatic carbocycles. The summed E-state index contributed by atoms with van der Waals surface area (Å²) in [6, 6.07) is 0. The second kappa shape index (κ2) is 3.66. The van der Waals surface area contributed by atoms with Crippen molar-refractivity contribution in [1.29, 1.82) is 0 Å². The molecule has 1 aliphatic rings. The lowest BCUT2D eigenvalue weighted by Crippen LogP contribution is -2.35. The third-order valence-electron chi connectivity index (χ3n) is 1.74. The molecule has 0 aromatic heterocycles. The number of ether oxygens (including phenoxy) is 1. The highest BCUT2D eigenvalue weighted by Gasteiger charge is 2.37. The van der Waals surface area contributed by atoms with Gasteiger partial charge in [0.05, 0.1) is 0 Å². The first-order valence-electron chi connectivity index (χ1n) is 4.04. The van der Waals surface area contributed by atoms with E-state index in [1.165, 1.54) is 0 Å². The zero-order valence-electron chi connectivity index (χ0n) is 7.72. The number of nitrogens with one attached hydrogen (secondary N) is 1. The number of hydrogen-bond donors (Lipinski definition) is 1. The normalized spacial score (nSPS) is 27.2. The number of hydrogen-bond acceptors (Lipinski definition) is 3. The summed E-state index contributed by atoms with van der Waals surface area (Å²) in [5.41, 5.74) is -0.472. The van der Waals surface area contributed by atoms with Gasteiger partial charge in [0, 0.05) is 0 Å². The monoisotopic (exact) mass is 189 g/mol. The lowest BCUT2D eigenvalue weighted by atomic mass is 10.3. The van der Waals surface area contributed by atoms with E-state index < -0.39 is 5.72 Å². The van der Waals surface area contributed by atoms with E-state index in [1.54, 1.807) is 11.8 Å². The Balaban J connectivity index is 2.42. The molecule has 1 heterocycles. The van der Waals surface area contributed by atoms with Gasteiger partial charge >= 0.3 is 0 Å². The average molecular weight is 189 g/mol. The van der Waals surface area contributed by atoms with Gasteiger partial charge < -0.3 is 10.1 Å². The Bertz CT molecular complexity index is 182. The summed E-state index contributed by atoms with van der Waals surface area (Å²) in [6.07, 6.45) is 2.58. The number of thioether (sulfide) groups is 1. The van der Waals surface area contributed by atoms with Crippen molar-refractivity contribution in [2.24, 2.45) is 0 Å². The summed E-state index contributed by atoms with van der Waals surface area (Å²) < 4.78 is 5.49. The molecule has 70 valence electrons. The molecule has 1 amide bonds. The predicted octanol–water partition coefficient (Wildman–Crippen LogP) is 0.991. The molecule has 0 bridgehead atoms. The van der Waals surface area contributed by atoms with Gasteiger partial charge in [-0.05, 0) is 32.3 Å². The van der Waals surface area contributed by atoms with E-state index >= 15 is 0 Å². The Labute approximate surface area is 77.2 Å². The van der Waals surface area contributed by atoms with Crippen molar-refractivity contribution >= 4 is 17.7 Å².